The highest BCUT2D eigenvalue weighted by Crippen LogP contribution is 2.24. The van der Waals surface area contributed by atoms with Crippen LogP contribution in [0.5, 0.6) is 0 Å². The van der Waals surface area contributed by atoms with E-state index >= 15 is 0 Å². The summed E-state index contributed by atoms with van der Waals surface area (Å²) in [6, 6.07) is 15.1. The van der Waals surface area contributed by atoms with E-state index in [4.69, 9.17) is 4.74 Å². The van der Waals surface area contributed by atoms with Crippen LogP contribution in [0.3, 0.4) is 0 Å². The molecular formula is C20H24N2O3S. The van der Waals surface area contributed by atoms with Crippen molar-refractivity contribution in [2.75, 3.05) is 31.3 Å². The lowest BCUT2D eigenvalue weighted by atomic mass is 10.1. The van der Waals surface area contributed by atoms with Gasteiger partial charge in [0.05, 0.1) is 17.9 Å². The molecule has 26 heavy (non-hydrogen) atoms. The second-order valence-electron chi connectivity index (χ2n) is 5.59. The van der Waals surface area contributed by atoms with Crippen LogP contribution in [0.1, 0.15) is 22.8 Å². The van der Waals surface area contributed by atoms with Crippen LogP contribution in [0.4, 0.5) is 5.69 Å². The van der Waals surface area contributed by atoms with Crippen molar-refractivity contribution in [1.29, 1.82) is 0 Å². The van der Waals surface area contributed by atoms with Crippen molar-refractivity contribution in [3.8, 4) is 0 Å². The van der Waals surface area contributed by atoms with Gasteiger partial charge < -0.3 is 15.4 Å². The Kier molecular flexibility index (Phi) is 8.18. The van der Waals surface area contributed by atoms with Crippen LogP contribution >= 0.6 is 11.8 Å². The number of methoxy groups -OCH3 is 1. The molecule has 138 valence electrons. The first-order valence-electron chi connectivity index (χ1n) is 8.52. The van der Waals surface area contributed by atoms with Gasteiger partial charge in [0, 0.05) is 24.2 Å². The van der Waals surface area contributed by atoms with Gasteiger partial charge in [0.2, 0.25) is 5.91 Å². The van der Waals surface area contributed by atoms with Crippen LogP contribution in [0, 0.1) is 0 Å². The number of aryl methyl sites for hydroxylation is 1. The van der Waals surface area contributed by atoms with Gasteiger partial charge in [-0.3, -0.25) is 9.59 Å². The van der Waals surface area contributed by atoms with Crippen molar-refractivity contribution in [3.05, 3.63) is 59.7 Å². The number of nitrogens with one attached hydrogen (secondary N) is 2. The van der Waals surface area contributed by atoms with Gasteiger partial charge in [-0.05, 0) is 30.2 Å². The van der Waals surface area contributed by atoms with E-state index in [1.54, 1.807) is 13.2 Å². The molecular weight excluding hydrogens is 348 g/mol. The fraction of sp³-hybridized carbons (Fsp3) is 0.300. The molecule has 0 aromatic heterocycles. The minimum Gasteiger partial charge on any atom is -0.383 e. The molecule has 0 saturated heterocycles. The predicted octanol–water partition coefficient (Wildman–Crippen LogP) is 3.36. The molecule has 0 bridgehead atoms. The molecule has 0 spiro atoms. The summed E-state index contributed by atoms with van der Waals surface area (Å²) in [6.07, 6.45) is 0.842. The highest BCUT2D eigenvalue weighted by atomic mass is 32.2. The molecule has 0 saturated carbocycles. The minimum atomic E-state index is -0.172. The number of para-hydroxylation sites is 1. The van der Waals surface area contributed by atoms with Gasteiger partial charge in [0.15, 0.2) is 0 Å². The molecule has 2 aromatic carbocycles. The van der Waals surface area contributed by atoms with E-state index in [-0.39, 0.29) is 17.6 Å². The SMILES string of the molecule is CCc1ccccc1NC(=O)c1ccccc1SCC(=O)NCCOC. The van der Waals surface area contributed by atoms with Crippen LogP contribution in [0.2, 0.25) is 0 Å². The molecule has 2 rings (SSSR count). The van der Waals surface area contributed by atoms with Crippen LogP contribution in [0.25, 0.3) is 0 Å². The molecule has 0 aliphatic carbocycles. The number of amides is 2. The Bertz CT molecular complexity index is 749. The van der Waals surface area contributed by atoms with Crippen LogP contribution in [0.15, 0.2) is 53.4 Å². The number of hydrogen-bond acceptors (Lipinski definition) is 4. The first kappa shape index (κ1) is 20.0. The van der Waals surface area contributed by atoms with Gasteiger partial charge in [-0.1, -0.05) is 37.3 Å². The first-order valence-corrected chi connectivity index (χ1v) is 9.51. The summed E-state index contributed by atoms with van der Waals surface area (Å²) in [7, 11) is 1.59. The largest absolute Gasteiger partial charge is 0.383 e. The van der Waals surface area contributed by atoms with Crippen molar-refractivity contribution in [2.45, 2.75) is 18.2 Å². The summed E-state index contributed by atoms with van der Waals surface area (Å²) < 4.78 is 4.91. The fourth-order valence-electron chi connectivity index (χ4n) is 2.41. The average Bonchev–Trinajstić information content (AvgIpc) is 2.67. The molecule has 0 heterocycles. The molecule has 2 amide bonds. The molecule has 2 N–H and O–H groups in total. The number of ether oxygens (including phenoxy) is 1. The lowest BCUT2D eigenvalue weighted by Crippen LogP contribution is -2.28. The number of carbonyl (C=O) groups is 2. The fourth-order valence-corrected chi connectivity index (χ4v) is 3.29. The third-order valence-corrected chi connectivity index (χ3v) is 4.84. The predicted molar refractivity (Wildman–Crippen MR) is 106 cm³/mol. The van der Waals surface area contributed by atoms with Gasteiger partial charge in [-0.25, -0.2) is 0 Å². The summed E-state index contributed by atoms with van der Waals surface area (Å²) in [6.45, 7) is 3.01. The monoisotopic (exact) mass is 372 g/mol. The van der Waals surface area contributed by atoms with Gasteiger partial charge >= 0.3 is 0 Å². The van der Waals surface area contributed by atoms with Crippen LogP contribution < -0.4 is 10.6 Å². The molecule has 0 aliphatic rings. The molecule has 0 unspecified atom stereocenters. The van der Waals surface area contributed by atoms with Crippen LogP contribution in [-0.2, 0) is 16.0 Å². The standard InChI is InChI=1S/C20H24N2O3S/c1-3-15-8-4-6-10-17(15)22-20(24)16-9-5-7-11-18(16)26-14-19(23)21-12-13-25-2/h4-11H,3,12-14H2,1-2H3,(H,21,23)(H,22,24). The second kappa shape index (κ2) is 10.6. The topological polar surface area (TPSA) is 67.4 Å². The van der Waals surface area contributed by atoms with E-state index < -0.39 is 0 Å². The number of rotatable bonds is 9. The summed E-state index contributed by atoms with van der Waals surface area (Å²) in [5.41, 5.74) is 2.47. The third kappa shape index (κ3) is 5.89. The number of carbonyl (C=O) groups excluding carboxylic acids is 2. The second-order valence-corrected chi connectivity index (χ2v) is 6.61. The zero-order valence-corrected chi connectivity index (χ0v) is 15.9. The molecule has 0 radical (unpaired) electrons. The Balaban J connectivity index is 2.03. The van der Waals surface area contributed by atoms with E-state index in [1.807, 2.05) is 42.5 Å². The van der Waals surface area contributed by atoms with Crippen molar-refractivity contribution in [2.24, 2.45) is 0 Å². The number of hydrogen-bond donors (Lipinski definition) is 2. The molecule has 5 nitrogen and oxygen atoms in total. The van der Waals surface area contributed by atoms with E-state index in [0.717, 1.165) is 22.6 Å². The number of thioether (sulfide) groups is 1. The lowest BCUT2D eigenvalue weighted by molar-refractivity contribution is -0.118. The van der Waals surface area contributed by atoms with E-state index in [0.29, 0.717) is 18.7 Å². The van der Waals surface area contributed by atoms with Gasteiger partial charge in [0.25, 0.3) is 5.91 Å². The minimum absolute atomic E-state index is 0.0846. The van der Waals surface area contributed by atoms with E-state index in [1.165, 1.54) is 11.8 Å². The maximum absolute atomic E-state index is 12.7. The summed E-state index contributed by atoms with van der Waals surface area (Å²) in [5.74, 6) is -0.00750. The summed E-state index contributed by atoms with van der Waals surface area (Å²) in [5, 5.41) is 5.75. The quantitative estimate of drug-likeness (QED) is 0.523. The Morgan fingerprint density at radius 1 is 1.08 bits per heavy atom. The zero-order chi connectivity index (χ0) is 18.8. The van der Waals surface area contributed by atoms with Gasteiger partial charge in [-0.2, -0.15) is 0 Å². The highest BCUT2D eigenvalue weighted by molar-refractivity contribution is 8.00. The Hall–Kier alpha value is -2.31. The van der Waals surface area contributed by atoms with Crippen molar-refractivity contribution in [3.63, 3.8) is 0 Å². The normalized spacial score (nSPS) is 10.4. The van der Waals surface area contributed by atoms with Gasteiger partial charge in [-0.15, -0.1) is 11.8 Å². The summed E-state index contributed by atoms with van der Waals surface area (Å²) >= 11 is 1.35. The van der Waals surface area contributed by atoms with Crippen LogP contribution in [-0.4, -0.2) is 37.8 Å². The van der Waals surface area contributed by atoms with E-state index in [9.17, 15) is 9.59 Å². The van der Waals surface area contributed by atoms with E-state index in [2.05, 4.69) is 17.6 Å². The maximum atomic E-state index is 12.7. The third-order valence-electron chi connectivity index (χ3n) is 3.77. The average molecular weight is 372 g/mol. The van der Waals surface area contributed by atoms with Crippen molar-refractivity contribution < 1.29 is 14.3 Å². The summed E-state index contributed by atoms with van der Waals surface area (Å²) in [4.78, 5) is 25.4. The number of anilines is 1. The molecule has 0 aliphatic heterocycles. The smallest absolute Gasteiger partial charge is 0.256 e. The first-order chi connectivity index (χ1) is 12.7. The number of benzene rings is 2. The highest BCUT2D eigenvalue weighted by Gasteiger charge is 2.14. The lowest BCUT2D eigenvalue weighted by Gasteiger charge is -2.12. The Morgan fingerprint density at radius 3 is 2.58 bits per heavy atom. The maximum Gasteiger partial charge on any atom is 0.256 e. The molecule has 6 heteroatoms. The molecule has 2 aromatic rings. The Labute approximate surface area is 158 Å². The molecule has 0 atom stereocenters. The molecule has 0 fully saturated rings. The zero-order valence-electron chi connectivity index (χ0n) is 15.1. The van der Waals surface area contributed by atoms with Crippen molar-refractivity contribution in [1.82, 2.24) is 5.32 Å². The van der Waals surface area contributed by atoms with Gasteiger partial charge in [0.1, 0.15) is 0 Å². The van der Waals surface area contributed by atoms with Crippen molar-refractivity contribution >= 4 is 29.3 Å². The Morgan fingerprint density at radius 2 is 1.81 bits per heavy atom.